The number of methoxy groups -OCH3 is 3. The molecule has 5 nitrogen and oxygen atoms in total. The van der Waals surface area contributed by atoms with E-state index in [1.54, 1.807) is 39.5 Å². The minimum Gasteiger partial charge on any atom is -0.496 e. The number of nitrogens with one attached hydrogen (secondary N) is 1. The van der Waals surface area contributed by atoms with E-state index < -0.39 is 0 Å². The molecular weight excluding hydrogens is 306 g/mol. The predicted molar refractivity (Wildman–Crippen MR) is 94.2 cm³/mol. The summed E-state index contributed by atoms with van der Waals surface area (Å²) in [5, 5.41) is 2.88. The van der Waals surface area contributed by atoms with Gasteiger partial charge in [0.15, 0.2) is 11.5 Å². The van der Waals surface area contributed by atoms with Gasteiger partial charge in [-0.3, -0.25) is 4.79 Å². The summed E-state index contributed by atoms with van der Waals surface area (Å²) in [6, 6.07) is 11.3. The summed E-state index contributed by atoms with van der Waals surface area (Å²) in [6.45, 7) is 1.99. The molecule has 0 aromatic heterocycles. The third-order valence-corrected chi connectivity index (χ3v) is 3.77. The van der Waals surface area contributed by atoms with Gasteiger partial charge in [0.25, 0.3) is 0 Å². The number of aryl methyl sites for hydroxylation is 2. The van der Waals surface area contributed by atoms with Crippen molar-refractivity contribution in [2.24, 2.45) is 0 Å². The molecule has 0 saturated carbocycles. The molecule has 0 spiro atoms. The summed E-state index contributed by atoms with van der Waals surface area (Å²) in [7, 11) is 4.79. The zero-order chi connectivity index (χ0) is 17.5. The molecule has 0 aliphatic heterocycles. The molecule has 24 heavy (non-hydrogen) atoms. The highest BCUT2D eigenvalue weighted by atomic mass is 16.5. The molecule has 0 heterocycles. The summed E-state index contributed by atoms with van der Waals surface area (Å²) >= 11 is 0. The summed E-state index contributed by atoms with van der Waals surface area (Å²) in [5.74, 6) is 2.02. The molecule has 0 fully saturated rings. The van der Waals surface area contributed by atoms with Crippen LogP contribution in [0.15, 0.2) is 36.4 Å². The predicted octanol–water partition coefficient (Wildman–Crippen LogP) is 3.59. The average molecular weight is 329 g/mol. The Morgan fingerprint density at radius 3 is 2.21 bits per heavy atom. The van der Waals surface area contributed by atoms with E-state index in [1.165, 1.54) is 0 Å². The molecule has 1 amide bonds. The molecule has 0 aliphatic rings. The summed E-state index contributed by atoms with van der Waals surface area (Å²) in [6.07, 6.45) is 1.07. The molecule has 2 aromatic rings. The van der Waals surface area contributed by atoms with Crippen molar-refractivity contribution in [2.75, 3.05) is 26.6 Å². The summed E-state index contributed by atoms with van der Waals surface area (Å²) in [4.78, 5) is 12.1. The van der Waals surface area contributed by atoms with E-state index in [1.807, 2.05) is 25.1 Å². The molecule has 5 heteroatoms. The van der Waals surface area contributed by atoms with Crippen LogP contribution in [0.1, 0.15) is 17.5 Å². The van der Waals surface area contributed by atoms with E-state index >= 15 is 0 Å². The number of hydrogen-bond donors (Lipinski definition) is 1. The Balaban J connectivity index is 1.95. The number of carbonyl (C=O) groups excluding carboxylic acids is 1. The molecule has 2 rings (SSSR count). The minimum absolute atomic E-state index is 0.0457. The molecule has 0 aliphatic carbocycles. The first-order valence-corrected chi connectivity index (χ1v) is 7.72. The van der Waals surface area contributed by atoms with Crippen molar-refractivity contribution in [1.29, 1.82) is 0 Å². The van der Waals surface area contributed by atoms with Gasteiger partial charge < -0.3 is 19.5 Å². The lowest BCUT2D eigenvalue weighted by molar-refractivity contribution is -0.116. The molecule has 0 atom stereocenters. The van der Waals surface area contributed by atoms with Crippen LogP contribution in [0, 0.1) is 6.92 Å². The molecule has 0 radical (unpaired) electrons. The van der Waals surface area contributed by atoms with Crippen molar-refractivity contribution in [1.82, 2.24) is 0 Å². The maximum Gasteiger partial charge on any atom is 0.224 e. The van der Waals surface area contributed by atoms with Crippen LogP contribution in [-0.4, -0.2) is 27.2 Å². The van der Waals surface area contributed by atoms with Gasteiger partial charge in [-0.05, 0) is 42.7 Å². The topological polar surface area (TPSA) is 56.8 Å². The monoisotopic (exact) mass is 329 g/mol. The maximum atomic E-state index is 12.1. The largest absolute Gasteiger partial charge is 0.496 e. The molecular formula is C19H23NO4. The smallest absolute Gasteiger partial charge is 0.224 e. The fourth-order valence-electron chi connectivity index (χ4n) is 2.49. The fraction of sp³-hybridized carbons (Fsp3) is 0.316. The number of benzene rings is 2. The number of anilines is 1. The molecule has 0 bridgehead atoms. The first-order chi connectivity index (χ1) is 11.6. The number of carbonyl (C=O) groups is 1. The SMILES string of the molecule is COc1ccc(CCC(=O)Nc2ccc(OC)c(OC)c2)cc1C. The van der Waals surface area contributed by atoms with Gasteiger partial charge in [0.2, 0.25) is 5.91 Å². The highest BCUT2D eigenvalue weighted by Crippen LogP contribution is 2.29. The number of amides is 1. The Morgan fingerprint density at radius 1 is 0.917 bits per heavy atom. The molecule has 1 N–H and O–H groups in total. The van der Waals surface area contributed by atoms with Gasteiger partial charge in [-0.2, -0.15) is 0 Å². The second kappa shape index (κ2) is 8.24. The molecule has 0 unspecified atom stereocenters. The van der Waals surface area contributed by atoms with Crippen LogP contribution in [0.4, 0.5) is 5.69 Å². The third kappa shape index (κ3) is 4.41. The normalized spacial score (nSPS) is 10.2. The Morgan fingerprint density at radius 2 is 1.58 bits per heavy atom. The van der Waals surface area contributed by atoms with Crippen molar-refractivity contribution in [2.45, 2.75) is 19.8 Å². The number of rotatable bonds is 7. The zero-order valence-electron chi connectivity index (χ0n) is 14.5. The standard InChI is InChI=1S/C19H23NO4/c1-13-11-14(5-8-16(13)22-2)6-10-19(21)20-15-7-9-17(23-3)18(12-15)24-4/h5,7-9,11-12H,6,10H2,1-4H3,(H,20,21). The maximum absolute atomic E-state index is 12.1. The Bertz CT molecular complexity index is 713. The summed E-state index contributed by atoms with van der Waals surface area (Å²) in [5.41, 5.74) is 2.86. The van der Waals surface area contributed by atoms with E-state index in [0.717, 1.165) is 16.9 Å². The highest BCUT2D eigenvalue weighted by Gasteiger charge is 2.08. The van der Waals surface area contributed by atoms with E-state index in [2.05, 4.69) is 5.32 Å². The second-order valence-corrected chi connectivity index (χ2v) is 5.42. The fourth-order valence-corrected chi connectivity index (χ4v) is 2.49. The Labute approximate surface area is 142 Å². The van der Waals surface area contributed by atoms with Crippen LogP contribution >= 0.6 is 0 Å². The van der Waals surface area contributed by atoms with Gasteiger partial charge in [0, 0.05) is 18.2 Å². The number of ether oxygens (including phenoxy) is 3. The van der Waals surface area contributed by atoms with E-state index in [0.29, 0.717) is 30.0 Å². The first kappa shape index (κ1) is 17.7. The lowest BCUT2D eigenvalue weighted by atomic mass is 10.1. The van der Waals surface area contributed by atoms with E-state index in [9.17, 15) is 4.79 Å². The van der Waals surface area contributed by atoms with Gasteiger partial charge in [-0.1, -0.05) is 12.1 Å². The van der Waals surface area contributed by atoms with Crippen LogP contribution < -0.4 is 19.5 Å². The first-order valence-electron chi connectivity index (χ1n) is 7.72. The zero-order valence-corrected chi connectivity index (χ0v) is 14.5. The molecule has 128 valence electrons. The minimum atomic E-state index is -0.0457. The molecule has 0 saturated heterocycles. The van der Waals surface area contributed by atoms with Crippen LogP contribution in [-0.2, 0) is 11.2 Å². The Hall–Kier alpha value is -2.69. The van der Waals surface area contributed by atoms with Gasteiger partial charge in [0.05, 0.1) is 21.3 Å². The lowest BCUT2D eigenvalue weighted by Gasteiger charge is -2.11. The van der Waals surface area contributed by atoms with Gasteiger partial charge in [-0.25, -0.2) is 0 Å². The van der Waals surface area contributed by atoms with Crippen LogP contribution in [0.2, 0.25) is 0 Å². The van der Waals surface area contributed by atoms with Gasteiger partial charge in [-0.15, -0.1) is 0 Å². The van der Waals surface area contributed by atoms with Crippen LogP contribution in [0.5, 0.6) is 17.2 Å². The van der Waals surface area contributed by atoms with E-state index in [4.69, 9.17) is 14.2 Å². The van der Waals surface area contributed by atoms with Crippen LogP contribution in [0.25, 0.3) is 0 Å². The highest BCUT2D eigenvalue weighted by molar-refractivity contribution is 5.91. The van der Waals surface area contributed by atoms with Crippen molar-refractivity contribution in [3.63, 3.8) is 0 Å². The van der Waals surface area contributed by atoms with Gasteiger partial charge in [0.1, 0.15) is 5.75 Å². The quantitative estimate of drug-likeness (QED) is 0.843. The molecule has 2 aromatic carbocycles. The van der Waals surface area contributed by atoms with E-state index in [-0.39, 0.29) is 5.91 Å². The summed E-state index contributed by atoms with van der Waals surface area (Å²) < 4.78 is 15.7. The van der Waals surface area contributed by atoms with Crippen molar-refractivity contribution in [3.05, 3.63) is 47.5 Å². The van der Waals surface area contributed by atoms with Crippen molar-refractivity contribution < 1.29 is 19.0 Å². The lowest BCUT2D eigenvalue weighted by Crippen LogP contribution is -2.12. The van der Waals surface area contributed by atoms with Crippen LogP contribution in [0.3, 0.4) is 0 Å². The average Bonchev–Trinajstić information content (AvgIpc) is 2.60. The van der Waals surface area contributed by atoms with Crippen molar-refractivity contribution in [3.8, 4) is 17.2 Å². The van der Waals surface area contributed by atoms with Gasteiger partial charge >= 0.3 is 0 Å². The Kier molecular flexibility index (Phi) is 6.07. The third-order valence-electron chi connectivity index (χ3n) is 3.77. The second-order valence-electron chi connectivity index (χ2n) is 5.42. The van der Waals surface area contributed by atoms with Crippen molar-refractivity contribution >= 4 is 11.6 Å². The number of hydrogen-bond acceptors (Lipinski definition) is 4.